The lowest BCUT2D eigenvalue weighted by molar-refractivity contribution is 0.0514. The number of nitrogens with one attached hydrogen (secondary N) is 2. The number of aliphatic imine (C=N–C) groups is 1. The third-order valence-corrected chi connectivity index (χ3v) is 5.65. The molecule has 1 saturated heterocycles. The quantitative estimate of drug-likeness (QED) is 0.602. The average Bonchev–Trinajstić information content (AvgIpc) is 2.70. The van der Waals surface area contributed by atoms with Crippen LogP contribution in [-0.4, -0.2) is 32.8 Å². The Balaban J connectivity index is 1.68. The normalized spacial score (nSPS) is 16.8. The summed E-state index contributed by atoms with van der Waals surface area (Å²) in [5.74, 6) is 0.811. The molecule has 1 heterocycles. The molecule has 144 valence electrons. The Labute approximate surface area is 167 Å². The summed E-state index contributed by atoms with van der Waals surface area (Å²) >= 11 is 6.26. The molecule has 1 aliphatic heterocycles. The van der Waals surface area contributed by atoms with E-state index in [4.69, 9.17) is 16.3 Å². The van der Waals surface area contributed by atoms with Crippen LogP contribution in [0.5, 0.6) is 0 Å². The largest absolute Gasteiger partial charge is 0.381 e. The van der Waals surface area contributed by atoms with Gasteiger partial charge in [-0.25, -0.2) is 0 Å². The Morgan fingerprint density at radius 2 is 1.89 bits per heavy atom. The zero-order valence-corrected chi connectivity index (χ0v) is 16.9. The smallest absolute Gasteiger partial charge is 0.191 e. The third-order valence-electron chi connectivity index (χ3n) is 5.41. The fraction of sp³-hybridized carbons (Fsp3) is 0.409. The van der Waals surface area contributed by atoms with Gasteiger partial charge in [-0.2, -0.15) is 0 Å². The molecule has 0 bridgehead atoms. The van der Waals surface area contributed by atoms with E-state index in [1.54, 1.807) is 0 Å². The lowest BCUT2D eigenvalue weighted by Gasteiger charge is -2.38. The predicted molar refractivity (Wildman–Crippen MR) is 113 cm³/mol. The van der Waals surface area contributed by atoms with Crippen molar-refractivity contribution in [2.45, 2.75) is 31.7 Å². The number of benzene rings is 2. The first-order valence-corrected chi connectivity index (χ1v) is 9.84. The zero-order valence-electron chi connectivity index (χ0n) is 16.1. The van der Waals surface area contributed by atoms with Gasteiger partial charge in [-0.3, -0.25) is 4.99 Å². The lowest BCUT2D eigenvalue weighted by atomic mass is 9.74. The van der Waals surface area contributed by atoms with Crippen LogP contribution < -0.4 is 10.6 Å². The van der Waals surface area contributed by atoms with E-state index in [-0.39, 0.29) is 5.41 Å². The van der Waals surface area contributed by atoms with Crippen molar-refractivity contribution in [1.29, 1.82) is 0 Å². The number of rotatable bonds is 5. The summed E-state index contributed by atoms with van der Waals surface area (Å²) in [6, 6.07) is 16.6. The van der Waals surface area contributed by atoms with Gasteiger partial charge in [0.25, 0.3) is 0 Å². The van der Waals surface area contributed by atoms with Gasteiger partial charge in [0.2, 0.25) is 0 Å². The lowest BCUT2D eigenvalue weighted by Crippen LogP contribution is -2.48. The Kier molecular flexibility index (Phi) is 6.75. The van der Waals surface area contributed by atoms with Crippen LogP contribution in [0.3, 0.4) is 0 Å². The monoisotopic (exact) mass is 385 g/mol. The Hall–Kier alpha value is -2.04. The Bertz CT molecular complexity index is 785. The van der Waals surface area contributed by atoms with Crippen LogP contribution in [0.15, 0.2) is 53.5 Å². The van der Waals surface area contributed by atoms with Crippen molar-refractivity contribution in [2.75, 3.05) is 26.8 Å². The highest BCUT2D eigenvalue weighted by atomic mass is 35.5. The van der Waals surface area contributed by atoms with E-state index in [1.807, 2.05) is 19.2 Å². The van der Waals surface area contributed by atoms with Crippen LogP contribution in [0.25, 0.3) is 0 Å². The summed E-state index contributed by atoms with van der Waals surface area (Å²) in [6.45, 7) is 5.21. The summed E-state index contributed by atoms with van der Waals surface area (Å²) < 4.78 is 5.62. The van der Waals surface area contributed by atoms with Gasteiger partial charge in [0, 0.05) is 43.8 Å². The standard InChI is InChI=1S/C22H28ClN3O/c1-17-6-3-4-7-18(17)15-25-21(24-2)26-16-22(10-12-27-13-11-22)19-8-5-9-20(23)14-19/h3-9,14H,10-13,15-16H2,1-2H3,(H2,24,25,26). The fourth-order valence-electron chi connectivity index (χ4n) is 3.61. The van der Waals surface area contributed by atoms with Crippen molar-refractivity contribution >= 4 is 17.6 Å². The van der Waals surface area contributed by atoms with Crippen molar-refractivity contribution in [1.82, 2.24) is 10.6 Å². The molecule has 0 radical (unpaired) electrons. The van der Waals surface area contributed by atoms with E-state index in [0.29, 0.717) is 0 Å². The number of halogens is 1. The maximum atomic E-state index is 6.26. The van der Waals surface area contributed by atoms with E-state index in [9.17, 15) is 0 Å². The number of nitrogens with zero attached hydrogens (tertiary/aromatic N) is 1. The molecule has 0 unspecified atom stereocenters. The Morgan fingerprint density at radius 1 is 1.11 bits per heavy atom. The topological polar surface area (TPSA) is 45.7 Å². The van der Waals surface area contributed by atoms with Gasteiger partial charge in [-0.1, -0.05) is 48.0 Å². The van der Waals surface area contributed by atoms with Crippen LogP contribution in [0, 0.1) is 6.92 Å². The molecule has 0 aliphatic carbocycles. The number of ether oxygens (including phenoxy) is 1. The van der Waals surface area contributed by atoms with E-state index in [2.05, 4.69) is 58.9 Å². The molecule has 0 aromatic heterocycles. The van der Waals surface area contributed by atoms with Gasteiger partial charge < -0.3 is 15.4 Å². The maximum absolute atomic E-state index is 6.26. The molecular weight excluding hydrogens is 358 g/mol. The number of guanidine groups is 1. The highest BCUT2D eigenvalue weighted by Gasteiger charge is 2.34. The van der Waals surface area contributed by atoms with Crippen molar-refractivity contribution in [3.05, 3.63) is 70.2 Å². The van der Waals surface area contributed by atoms with Crippen LogP contribution in [0.4, 0.5) is 0 Å². The SMILES string of the molecule is CN=C(NCc1ccccc1C)NCC1(c2cccc(Cl)c2)CCOCC1. The minimum atomic E-state index is 0.00341. The molecule has 2 N–H and O–H groups in total. The highest BCUT2D eigenvalue weighted by Crippen LogP contribution is 2.35. The molecule has 0 amide bonds. The second-order valence-electron chi connectivity index (χ2n) is 7.11. The zero-order chi connectivity index (χ0) is 19.1. The molecule has 1 aliphatic rings. The Morgan fingerprint density at radius 3 is 2.59 bits per heavy atom. The molecule has 27 heavy (non-hydrogen) atoms. The van der Waals surface area contributed by atoms with Crippen molar-refractivity contribution < 1.29 is 4.74 Å². The minimum Gasteiger partial charge on any atom is -0.381 e. The van der Waals surface area contributed by atoms with Crippen molar-refractivity contribution in [3.8, 4) is 0 Å². The van der Waals surface area contributed by atoms with E-state index >= 15 is 0 Å². The summed E-state index contributed by atoms with van der Waals surface area (Å²) in [6.07, 6.45) is 1.93. The fourth-order valence-corrected chi connectivity index (χ4v) is 3.80. The van der Waals surface area contributed by atoms with E-state index < -0.39 is 0 Å². The molecule has 4 nitrogen and oxygen atoms in total. The first kappa shape index (κ1) is 19.7. The van der Waals surface area contributed by atoms with Gasteiger partial charge in [0.05, 0.1) is 0 Å². The first-order chi connectivity index (χ1) is 13.1. The molecule has 3 rings (SSSR count). The molecule has 0 spiro atoms. The molecule has 0 atom stereocenters. The number of hydrogen-bond acceptors (Lipinski definition) is 2. The van der Waals surface area contributed by atoms with Crippen LogP contribution in [0.2, 0.25) is 5.02 Å². The van der Waals surface area contributed by atoms with Crippen molar-refractivity contribution in [2.24, 2.45) is 4.99 Å². The van der Waals surface area contributed by atoms with Gasteiger partial charge in [-0.05, 0) is 48.6 Å². The molecule has 1 fully saturated rings. The summed E-state index contributed by atoms with van der Waals surface area (Å²) in [7, 11) is 1.81. The average molecular weight is 386 g/mol. The van der Waals surface area contributed by atoms with E-state index in [1.165, 1.54) is 16.7 Å². The van der Waals surface area contributed by atoms with Gasteiger partial charge in [0.15, 0.2) is 5.96 Å². The molecule has 5 heteroatoms. The third kappa shape index (κ3) is 5.02. The van der Waals surface area contributed by atoms with Gasteiger partial charge >= 0.3 is 0 Å². The molecule has 2 aromatic rings. The number of aryl methyl sites for hydroxylation is 1. The summed E-state index contributed by atoms with van der Waals surface area (Å²) in [4.78, 5) is 4.40. The summed E-state index contributed by atoms with van der Waals surface area (Å²) in [5.41, 5.74) is 3.82. The van der Waals surface area contributed by atoms with Gasteiger partial charge in [0.1, 0.15) is 0 Å². The molecular formula is C22H28ClN3O. The molecule has 0 saturated carbocycles. The highest BCUT2D eigenvalue weighted by molar-refractivity contribution is 6.30. The van der Waals surface area contributed by atoms with Crippen LogP contribution >= 0.6 is 11.6 Å². The number of hydrogen-bond donors (Lipinski definition) is 2. The maximum Gasteiger partial charge on any atom is 0.191 e. The van der Waals surface area contributed by atoms with Crippen LogP contribution in [-0.2, 0) is 16.7 Å². The predicted octanol–water partition coefficient (Wildman–Crippen LogP) is 4.06. The second-order valence-corrected chi connectivity index (χ2v) is 7.55. The second kappa shape index (κ2) is 9.25. The summed E-state index contributed by atoms with van der Waals surface area (Å²) in [5, 5.41) is 7.73. The van der Waals surface area contributed by atoms with Crippen LogP contribution in [0.1, 0.15) is 29.5 Å². The molecule has 2 aromatic carbocycles. The van der Waals surface area contributed by atoms with E-state index in [0.717, 1.165) is 50.1 Å². The van der Waals surface area contributed by atoms with Gasteiger partial charge in [-0.15, -0.1) is 0 Å². The minimum absolute atomic E-state index is 0.00341. The first-order valence-electron chi connectivity index (χ1n) is 9.46. The van der Waals surface area contributed by atoms with Crippen molar-refractivity contribution in [3.63, 3.8) is 0 Å².